The smallest absolute Gasteiger partial charge is 0.337 e. The van der Waals surface area contributed by atoms with Crippen LogP contribution in [0.4, 0.5) is 5.69 Å². The van der Waals surface area contributed by atoms with Gasteiger partial charge in [-0.2, -0.15) is 0 Å². The molecule has 7 nitrogen and oxygen atoms in total. The Balaban J connectivity index is 2.21. The fourth-order valence-electron chi connectivity index (χ4n) is 2.43. The molecule has 0 aliphatic carbocycles. The number of esters is 2. The van der Waals surface area contributed by atoms with Gasteiger partial charge in [-0.25, -0.2) is 9.59 Å². The van der Waals surface area contributed by atoms with Gasteiger partial charge >= 0.3 is 11.9 Å². The molecule has 2 aromatic carbocycles. The Morgan fingerprint density at radius 1 is 0.889 bits per heavy atom. The second-order valence-corrected chi connectivity index (χ2v) is 5.61. The molecule has 144 valence electrons. The third kappa shape index (κ3) is 5.72. The Morgan fingerprint density at radius 2 is 1.52 bits per heavy atom. The van der Waals surface area contributed by atoms with Crippen LogP contribution in [0.5, 0.6) is 5.75 Å². The van der Waals surface area contributed by atoms with E-state index >= 15 is 0 Å². The summed E-state index contributed by atoms with van der Waals surface area (Å²) in [6.45, 7) is 0.137. The van der Waals surface area contributed by atoms with Gasteiger partial charge < -0.3 is 24.3 Å². The van der Waals surface area contributed by atoms with Gasteiger partial charge in [0.1, 0.15) is 5.75 Å². The van der Waals surface area contributed by atoms with Crippen molar-refractivity contribution in [3.8, 4) is 5.75 Å². The standard InChI is InChI=1S/C20H23NO6/c1-24-16-11-9-15(10-12-16)21-17(19(22)25-2)18(20(23)26-3)27-13-14-7-5-4-6-8-14/h4-12,17-18,21H,13H2,1-3H3. The van der Waals surface area contributed by atoms with Crippen LogP contribution in [-0.4, -0.2) is 45.4 Å². The number of benzene rings is 2. The highest BCUT2D eigenvalue weighted by Gasteiger charge is 2.36. The van der Waals surface area contributed by atoms with Crippen molar-refractivity contribution in [2.75, 3.05) is 26.6 Å². The normalized spacial score (nSPS) is 12.6. The topological polar surface area (TPSA) is 83.1 Å². The molecule has 0 aliphatic rings. The molecule has 0 amide bonds. The maximum atomic E-state index is 12.3. The van der Waals surface area contributed by atoms with Crippen LogP contribution in [0.15, 0.2) is 54.6 Å². The second kappa shape index (κ2) is 10.2. The molecule has 0 heterocycles. The number of rotatable bonds is 9. The van der Waals surface area contributed by atoms with Crippen LogP contribution in [0, 0.1) is 0 Å². The van der Waals surface area contributed by atoms with E-state index in [1.807, 2.05) is 30.3 Å². The Kier molecular flexibility index (Phi) is 7.63. The molecule has 2 rings (SSSR count). The van der Waals surface area contributed by atoms with Gasteiger partial charge in [0.15, 0.2) is 12.1 Å². The lowest BCUT2D eigenvalue weighted by Crippen LogP contribution is -2.47. The Bertz CT molecular complexity index is 732. The zero-order valence-electron chi connectivity index (χ0n) is 15.5. The predicted octanol–water partition coefficient (Wildman–Crippen LogP) is 2.41. The van der Waals surface area contributed by atoms with Crippen LogP contribution in [-0.2, 0) is 30.4 Å². The lowest BCUT2D eigenvalue weighted by Gasteiger charge is -2.25. The van der Waals surface area contributed by atoms with Crippen molar-refractivity contribution in [1.82, 2.24) is 0 Å². The number of carbonyl (C=O) groups is 2. The van der Waals surface area contributed by atoms with Crippen LogP contribution in [0.1, 0.15) is 5.56 Å². The highest BCUT2D eigenvalue weighted by molar-refractivity contribution is 5.88. The number of nitrogens with one attached hydrogen (secondary N) is 1. The predicted molar refractivity (Wildman–Crippen MR) is 99.5 cm³/mol. The summed E-state index contributed by atoms with van der Waals surface area (Å²) in [6.07, 6.45) is -1.19. The first-order valence-electron chi connectivity index (χ1n) is 8.30. The van der Waals surface area contributed by atoms with Crippen molar-refractivity contribution in [2.45, 2.75) is 18.8 Å². The molecule has 7 heteroatoms. The van der Waals surface area contributed by atoms with Gasteiger partial charge in [-0.15, -0.1) is 0 Å². The fourth-order valence-corrected chi connectivity index (χ4v) is 2.43. The van der Waals surface area contributed by atoms with Gasteiger partial charge in [-0.05, 0) is 29.8 Å². The van der Waals surface area contributed by atoms with Crippen molar-refractivity contribution < 1.29 is 28.5 Å². The molecule has 0 bridgehead atoms. The third-order valence-electron chi connectivity index (χ3n) is 3.88. The zero-order valence-corrected chi connectivity index (χ0v) is 15.5. The van der Waals surface area contributed by atoms with Gasteiger partial charge in [0.25, 0.3) is 0 Å². The monoisotopic (exact) mass is 373 g/mol. The van der Waals surface area contributed by atoms with E-state index in [2.05, 4.69) is 5.32 Å². The number of carbonyl (C=O) groups excluding carboxylic acids is 2. The van der Waals surface area contributed by atoms with Crippen LogP contribution < -0.4 is 10.1 Å². The molecule has 2 unspecified atom stereocenters. The maximum Gasteiger partial charge on any atom is 0.337 e. The van der Waals surface area contributed by atoms with Gasteiger partial charge in [0.05, 0.1) is 27.9 Å². The fraction of sp³-hybridized carbons (Fsp3) is 0.300. The number of hydrogen-bond acceptors (Lipinski definition) is 7. The molecular formula is C20H23NO6. The van der Waals surface area contributed by atoms with Crippen molar-refractivity contribution in [2.24, 2.45) is 0 Å². The molecule has 0 spiro atoms. The molecule has 0 radical (unpaired) electrons. The van der Waals surface area contributed by atoms with Crippen LogP contribution in [0.25, 0.3) is 0 Å². The molecule has 1 N–H and O–H groups in total. The lowest BCUT2D eigenvalue weighted by molar-refractivity contribution is -0.162. The average molecular weight is 373 g/mol. The molecule has 0 saturated heterocycles. The minimum atomic E-state index is -1.19. The summed E-state index contributed by atoms with van der Waals surface area (Å²) >= 11 is 0. The largest absolute Gasteiger partial charge is 0.497 e. The Labute approximate surface area is 158 Å². The number of hydrogen-bond donors (Lipinski definition) is 1. The van der Waals surface area contributed by atoms with Gasteiger partial charge in [-0.1, -0.05) is 30.3 Å². The number of anilines is 1. The molecule has 0 aromatic heterocycles. The maximum absolute atomic E-state index is 12.3. The van der Waals surface area contributed by atoms with E-state index in [-0.39, 0.29) is 6.61 Å². The SMILES string of the molecule is COC(=O)C(Nc1ccc(OC)cc1)C(OCc1ccccc1)C(=O)OC. The summed E-state index contributed by atoms with van der Waals surface area (Å²) in [5, 5.41) is 2.98. The average Bonchev–Trinajstić information content (AvgIpc) is 2.73. The zero-order chi connectivity index (χ0) is 19.6. The van der Waals surface area contributed by atoms with E-state index in [4.69, 9.17) is 18.9 Å². The van der Waals surface area contributed by atoms with Gasteiger partial charge in [-0.3, -0.25) is 0 Å². The van der Waals surface area contributed by atoms with Crippen molar-refractivity contribution in [3.05, 3.63) is 60.2 Å². The lowest BCUT2D eigenvalue weighted by atomic mass is 10.1. The summed E-state index contributed by atoms with van der Waals surface area (Å²) in [5.41, 5.74) is 1.46. The summed E-state index contributed by atoms with van der Waals surface area (Å²) < 4.78 is 20.5. The number of methoxy groups -OCH3 is 3. The van der Waals surface area contributed by atoms with Gasteiger partial charge in [0, 0.05) is 5.69 Å². The summed E-state index contributed by atoms with van der Waals surface area (Å²) in [6, 6.07) is 15.1. The summed E-state index contributed by atoms with van der Waals surface area (Å²) in [4.78, 5) is 24.6. The summed E-state index contributed by atoms with van der Waals surface area (Å²) in [5.74, 6) is -0.656. The van der Waals surface area contributed by atoms with E-state index in [1.54, 1.807) is 31.4 Å². The second-order valence-electron chi connectivity index (χ2n) is 5.61. The van der Waals surface area contributed by atoms with Crippen molar-refractivity contribution in [1.29, 1.82) is 0 Å². The Hall–Kier alpha value is -3.06. The minimum absolute atomic E-state index is 0.137. The van der Waals surface area contributed by atoms with Crippen molar-refractivity contribution >= 4 is 17.6 Å². The number of ether oxygens (including phenoxy) is 4. The molecule has 0 fully saturated rings. The van der Waals surface area contributed by atoms with E-state index in [0.29, 0.717) is 11.4 Å². The molecule has 0 aliphatic heterocycles. The van der Waals surface area contributed by atoms with E-state index in [0.717, 1.165) is 5.56 Å². The third-order valence-corrected chi connectivity index (χ3v) is 3.88. The molecule has 27 heavy (non-hydrogen) atoms. The highest BCUT2D eigenvalue weighted by Crippen LogP contribution is 2.19. The minimum Gasteiger partial charge on any atom is -0.497 e. The Morgan fingerprint density at radius 3 is 2.07 bits per heavy atom. The molecule has 2 aromatic rings. The molecular weight excluding hydrogens is 350 g/mol. The van der Waals surface area contributed by atoms with E-state index < -0.39 is 24.1 Å². The quantitative estimate of drug-likeness (QED) is 0.676. The first kappa shape index (κ1) is 20.3. The van der Waals surface area contributed by atoms with Crippen LogP contribution in [0.2, 0.25) is 0 Å². The van der Waals surface area contributed by atoms with E-state index in [9.17, 15) is 9.59 Å². The first-order chi connectivity index (χ1) is 13.1. The van der Waals surface area contributed by atoms with Crippen molar-refractivity contribution in [3.63, 3.8) is 0 Å². The summed E-state index contributed by atoms with van der Waals surface area (Å²) in [7, 11) is 4.05. The highest BCUT2D eigenvalue weighted by atomic mass is 16.6. The molecule has 0 saturated carbocycles. The van der Waals surface area contributed by atoms with Crippen LogP contribution in [0.3, 0.4) is 0 Å². The van der Waals surface area contributed by atoms with E-state index in [1.165, 1.54) is 14.2 Å². The first-order valence-corrected chi connectivity index (χ1v) is 8.30. The molecule has 2 atom stereocenters. The van der Waals surface area contributed by atoms with Gasteiger partial charge in [0.2, 0.25) is 0 Å². The van der Waals surface area contributed by atoms with Crippen LogP contribution >= 0.6 is 0 Å².